The zero-order valence-electron chi connectivity index (χ0n) is 12.0. The van der Waals surface area contributed by atoms with Gasteiger partial charge in [-0.2, -0.15) is 0 Å². The molecule has 5 heteroatoms. The summed E-state index contributed by atoms with van der Waals surface area (Å²) in [6, 6.07) is 8.09. The zero-order chi connectivity index (χ0) is 15.1. The number of aliphatic carboxylic acids is 1. The van der Waals surface area contributed by atoms with E-state index >= 15 is 0 Å². The van der Waals surface area contributed by atoms with E-state index in [4.69, 9.17) is 9.84 Å². The lowest BCUT2D eigenvalue weighted by Gasteiger charge is -2.20. The van der Waals surface area contributed by atoms with E-state index in [1.165, 1.54) is 7.11 Å². The predicted octanol–water partition coefficient (Wildman–Crippen LogP) is 1.99. The van der Waals surface area contributed by atoms with Crippen LogP contribution in [0.2, 0.25) is 0 Å². The van der Waals surface area contributed by atoms with Crippen LogP contribution in [0.25, 0.3) is 0 Å². The Labute approximate surface area is 118 Å². The lowest BCUT2D eigenvalue weighted by Crippen LogP contribution is -2.44. The Morgan fingerprint density at radius 1 is 1.25 bits per heavy atom. The number of benzene rings is 1. The van der Waals surface area contributed by atoms with Crippen LogP contribution in [0.3, 0.4) is 0 Å². The molecule has 0 saturated carbocycles. The fraction of sp³-hybridized carbons (Fsp3) is 0.467. The highest BCUT2D eigenvalue weighted by atomic mass is 16.5. The smallest absolute Gasteiger partial charge is 0.326 e. The van der Waals surface area contributed by atoms with Gasteiger partial charge in [-0.15, -0.1) is 0 Å². The molecule has 0 bridgehead atoms. The van der Waals surface area contributed by atoms with Gasteiger partial charge in [0, 0.05) is 7.11 Å². The zero-order valence-corrected chi connectivity index (χ0v) is 12.0. The van der Waals surface area contributed by atoms with Crippen molar-refractivity contribution in [1.29, 1.82) is 0 Å². The number of hydrogen-bond acceptors (Lipinski definition) is 3. The molecule has 0 aromatic heterocycles. The average molecular weight is 279 g/mol. The van der Waals surface area contributed by atoms with Gasteiger partial charge in [0.25, 0.3) is 5.91 Å². The van der Waals surface area contributed by atoms with Gasteiger partial charge in [0.05, 0.1) is 0 Å². The summed E-state index contributed by atoms with van der Waals surface area (Å²) in [4.78, 5) is 23.3. The molecule has 0 aliphatic carbocycles. The van der Waals surface area contributed by atoms with E-state index in [2.05, 4.69) is 5.32 Å². The Kier molecular flexibility index (Phi) is 6.18. The van der Waals surface area contributed by atoms with E-state index in [-0.39, 0.29) is 5.92 Å². The molecule has 1 unspecified atom stereocenters. The van der Waals surface area contributed by atoms with E-state index in [1.54, 1.807) is 24.3 Å². The monoisotopic (exact) mass is 279 g/mol. The molecule has 2 N–H and O–H groups in total. The molecular weight excluding hydrogens is 258 g/mol. The first-order valence-electron chi connectivity index (χ1n) is 6.56. The van der Waals surface area contributed by atoms with Crippen molar-refractivity contribution >= 4 is 11.9 Å². The SMILES string of the molecule is COC(C(=O)N[C@H](CC(C)C)C(=O)O)c1ccccc1. The Morgan fingerprint density at radius 3 is 2.30 bits per heavy atom. The Balaban J connectivity index is 2.78. The third-order valence-electron chi connectivity index (χ3n) is 2.90. The van der Waals surface area contributed by atoms with Crippen molar-refractivity contribution in [3.8, 4) is 0 Å². The minimum Gasteiger partial charge on any atom is -0.480 e. The molecule has 1 rings (SSSR count). The molecule has 0 heterocycles. The van der Waals surface area contributed by atoms with E-state index < -0.39 is 24.0 Å². The second-order valence-corrected chi connectivity index (χ2v) is 5.06. The maximum atomic E-state index is 12.2. The summed E-state index contributed by atoms with van der Waals surface area (Å²) in [5, 5.41) is 11.7. The number of carboxylic acid groups (broad SMARTS) is 1. The standard InChI is InChI=1S/C15H21NO4/c1-10(2)9-12(15(18)19)16-14(17)13(20-3)11-7-5-4-6-8-11/h4-8,10,12-13H,9H2,1-3H3,(H,16,17)(H,18,19)/t12-,13?/m1/s1. The molecule has 0 saturated heterocycles. The van der Waals surface area contributed by atoms with Crippen molar-refractivity contribution in [1.82, 2.24) is 5.32 Å². The fourth-order valence-corrected chi connectivity index (χ4v) is 1.96. The minimum absolute atomic E-state index is 0.175. The number of hydrogen-bond donors (Lipinski definition) is 2. The molecule has 0 aliphatic rings. The molecular formula is C15H21NO4. The Bertz CT molecular complexity index is 444. The van der Waals surface area contributed by atoms with Gasteiger partial charge >= 0.3 is 5.97 Å². The maximum absolute atomic E-state index is 12.2. The van der Waals surface area contributed by atoms with E-state index in [9.17, 15) is 9.59 Å². The van der Waals surface area contributed by atoms with Gasteiger partial charge in [-0.05, 0) is 17.9 Å². The Hall–Kier alpha value is -1.88. The number of nitrogens with one attached hydrogen (secondary N) is 1. The number of carbonyl (C=O) groups is 2. The molecule has 110 valence electrons. The highest BCUT2D eigenvalue weighted by Gasteiger charge is 2.26. The third-order valence-corrected chi connectivity index (χ3v) is 2.90. The van der Waals surface area contributed by atoms with Crippen LogP contribution in [0.1, 0.15) is 31.9 Å². The van der Waals surface area contributed by atoms with Crippen molar-refractivity contribution in [2.75, 3.05) is 7.11 Å². The second-order valence-electron chi connectivity index (χ2n) is 5.06. The fourth-order valence-electron chi connectivity index (χ4n) is 1.96. The molecule has 5 nitrogen and oxygen atoms in total. The molecule has 20 heavy (non-hydrogen) atoms. The summed E-state index contributed by atoms with van der Waals surface area (Å²) in [6.45, 7) is 3.82. The topological polar surface area (TPSA) is 75.6 Å². The summed E-state index contributed by atoms with van der Waals surface area (Å²) in [5.41, 5.74) is 0.696. The second kappa shape index (κ2) is 7.65. The highest BCUT2D eigenvalue weighted by molar-refractivity contribution is 5.87. The van der Waals surface area contributed by atoms with Crippen LogP contribution in [-0.2, 0) is 14.3 Å². The highest BCUT2D eigenvalue weighted by Crippen LogP contribution is 2.17. The molecule has 0 aliphatic heterocycles. The minimum atomic E-state index is -1.03. The molecule has 0 spiro atoms. The molecule has 0 fully saturated rings. The van der Waals surface area contributed by atoms with E-state index in [0.717, 1.165) is 0 Å². The van der Waals surface area contributed by atoms with Crippen LogP contribution < -0.4 is 5.32 Å². The molecule has 0 radical (unpaired) electrons. The van der Waals surface area contributed by atoms with Crippen molar-refractivity contribution < 1.29 is 19.4 Å². The van der Waals surface area contributed by atoms with Crippen molar-refractivity contribution in [2.24, 2.45) is 5.92 Å². The van der Waals surface area contributed by atoms with Crippen LogP contribution >= 0.6 is 0 Å². The molecule has 1 amide bonds. The summed E-state index contributed by atoms with van der Waals surface area (Å²) in [6.07, 6.45) is -0.419. The lowest BCUT2D eigenvalue weighted by atomic mass is 10.0. The maximum Gasteiger partial charge on any atom is 0.326 e. The van der Waals surface area contributed by atoms with Gasteiger partial charge < -0.3 is 15.2 Å². The molecule has 1 aromatic carbocycles. The number of rotatable bonds is 7. The normalized spacial score (nSPS) is 13.8. The van der Waals surface area contributed by atoms with Crippen molar-refractivity contribution in [3.05, 3.63) is 35.9 Å². The van der Waals surface area contributed by atoms with Crippen LogP contribution in [0.15, 0.2) is 30.3 Å². The van der Waals surface area contributed by atoms with Crippen LogP contribution in [-0.4, -0.2) is 30.1 Å². The number of methoxy groups -OCH3 is 1. The van der Waals surface area contributed by atoms with Gasteiger partial charge in [-0.25, -0.2) is 4.79 Å². The van der Waals surface area contributed by atoms with Gasteiger partial charge in [0.1, 0.15) is 6.04 Å². The molecule has 2 atom stereocenters. The summed E-state index contributed by atoms with van der Waals surface area (Å²) >= 11 is 0. The van der Waals surface area contributed by atoms with Crippen LogP contribution in [0, 0.1) is 5.92 Å². The van der Waals surface area contributed by atoms with E-state index in [0.29, 0.717) is 12.0 Å². The first-order chi connectivity index (χ1) is 9.45. The van der Waals surface area contributed by atoms with Gasteiger partial charge in [-0.1, -0.05) is 44.2 Å². The summed E-state index contributed by atoms with van der Waals surface area (Å²) in [7, 11) is 1.43. The van der Waals surface area contributed by atoms with Crippen molar-refractivity contribution in [3.63, 3.8) is 0 Å². The van der Waals surface area contributed by atoms with Crippen LogP contribution in [0.4, 0.5) is 0 Å². The predicted molar refractivity (Wildman–Crippen MR) is 75.2 cm³/mol. The van der Waals surface area contributed by atoms with Crippen molar-refractivity contribution in [2.45, 2.75) is 32.4 Å². The first-order valence-corrected chi connectivity index (χ1v) is 6.56. The largest absolute Gasteiger partial charge is 0.480 e. The Morgan fingerprint density at radius 2 is 1.85 bits per heavy atom. The van der Waals surface area contributed by atoms with Crippen LogP contribution in [0.5, 0.6) is 0 Å². The summed E-state index contributed by atoms with van der Waals surface area (Å²) < 4.78 is 5.18. The number of amides is 1. The summed E-state index contributed by atoms with van der Waals surface area (Å²) in [5.74, 6) is -1.30. The molecule has 1 aromatic rings. The average Bonchev–Trinajstić information content (AvgIpc) is 2.39. The number of carboxylic acids is 1. The van der Waals surface area contributed by atoms with Gasteiger partial charge in [-0.3, -0.25) is 4.79 Å². The number of carbonyl (C=O) groups excluding carboxylic acids is 1. The van der Waals surface area contributed by atoms with Gasteiger partial charge in [0.2, 0.25) is 0 Å². The van der Waals surface area contributed by atoms with Gasteiger partial charge in [0.15, 0.2) is 6.10 Å². The third kappa shape index (κ3) is 4.66. The first kappa shape index (κ1) is 16.2. The quantitative estimate of drug-likeness (QED) is 0.800. The number of ether oxygens (including phenoxy) is 1. The van der Waals surface area contributed by atoms with E-state index in [1.807, 2.05) is 19.9 Å². The lowest BCUT2D eigenvalue weighted by molar-refractivity contribution is -0.144.